The number of nitrogens with zero attached hydrogens (tertiary/aromatic N) is 1. The number of benzene rings is 1. The smallest absolute Gasteiger partial charge is 0.411 e. The maximum absolute atomic E-state index is 12.1. The van der Waals surface area contributed by atoms with Crippen LogP contribution in [0.4, 0.5) is 13.2 Å². The lowest BCUT2D eigenvalue weighted by Gasteiger charge is -2.12. The van der Waals surface area contributed by atoms with E-state index in [9.17, 15) is 13.2 Å². The topological polar surface area (TPSA) is 58.8 Å². The summed E-state index contributed by atoms with van der Waals surface area (Å²) < 4.78 is 46.4. The second-order valence-electron chi connectivity index (χ2n) is 6.14. The van der Waals surface area contributed by atoms with Crippen LogP contribution < -0.4 is 10.6 Å². The Bertz CT molecular complexity index is 753. The van der Waals surface area contributed by atoms with E-state index in [4.69, 9.17) is 4.42 Å². The Balaban J connectivity index is 1.78. The second kappa shape index (κ2) is 9.45. The number of aliphatic imine (C=N–C) groups is 1. The number of nitrogens with one attached hydrogen (secondary N) is 2. The van der Waals surface area contributed by atoms with Crippen LogP contribution in [-0.4, -0.2) is 25.8 Å². The molecule has 1 heterocycles. The molecule has 8 heteroatoms. The minimum atomic E-state index is -4.31. The monoisotopic (exact) mass is 383 g/mol. The molecule has 0 spiro atoms. The number of hydrogen-bond acceptors (Lipinski definition) is 3. The van der Waals surface area contributed by atoms with Crippen LogP contribution in [0.2, 0.25) is 0 Å². The lowest BCUT2D eigenvalue weighted by Crippen LogP contribution is -2.36. The summed E-state index contributed by atoms with van der Waals surface area (Å²) in [4.78, 5) is 4.17. The Hall–Kier alpha value is -2.48. The number of ether oxygens (including phenoxy) is 1. The van der Waals surface area contributed by atoms with Crippen LogP contribution in [0.15, 0.2) is 39.7 Å². The average molecular weight is 383 g/mol. The molecular formula is C19H24F3N3O2. The summed E-state index contributed by atoms with van der Waals surface area (Å²) in [6.45, 7) is 3.64. The van der Waals surface area contributed by atoms with Gasteiger partial charge in [-0.25, -0.2) is 0 Å². The van der Waals surface area contributed by atoms with Crippen molar-refractivity contribution in [2.24, 2.45) is 4.99 Å². The van der Waals surface area contributed by atoms with Gasteiger partial charge in [0.05, 0.1) is 6.61 Å². The molecule has 2 rings (SSSR count). The highest BCUT2D eigenvalue weighted by Crippen LogP contribution is 2.16. The summed E-state index contributed by atoms with van der Waals surface area (Å²) in [5.74, 6) is 2.39. The number of aryl methyl sites for hydroxylation is 2. The first-order chi connectivity index (χ1) is 12.8. The fourth-order valence-corrected chi connectivity index (χ4v) is 2.48. The third kappa shape index (κ3) is 7.34. The van der Waals surface area contributed by atoms with Gasteiger partial charge < -0.3 is 19.8 Å². The van der Waals surface area contributed by atoms with Crippen molar-refractivity contribution in [3.63, 3.8) is 0 Å². The zero-order valence-corrected chi connectivity index (χ0v) is 15.6. The Labute approximate surface area is 156 Å². The molecule has 0 unspecified atom stereocenters. The Kier molecular flexibility index (Phi) is 7.29. The van der Waals surface area contributed by atoms with Crippen LogP contribution in [0.3, 0.4) is 0 Å². The molecule has 148 valence electrons. The number of hydrogen-bond donors (Lipinski definition) is 2. The number of rotatable bonds is 7. The minimum absolute atomic E-state index is 0.0695. The lowest BCUT2D eigenvalue weighted by atomic mass is 10.1. The van der Waals surface area contributed by atoms with Crippen molar-refractivity contribution in [3.05, 3.63) is 58.5 Å². The summed E-state index contributed by atoms with van der Waals surface area (Å²) in [7, 11) is 1.68. The Morgan fingerprint density at radius 2 is 1.70 bits per heavy atom. The normalized spacial score (nSPS) is 12.3. The first kappa shape index (κ1) is 20.8. The van der Waals surface area contributed by atoms with Crippen molar-refractivity contribution >= 4 is 5.96 Å². The molecule has 0 bridgehead atoms. The van der Waals surface area contributed by atoms with Gasteiger partial charge in [0.1, 0.15) is 18.1 Å². The first-order valence-corrected chi connectivity index (χ1v) is 8.49. The van der Waals surface area contributed by atoms with Gasteiger partial charge >= 0.3 is 6.18 Å². The number of furan rings is 1. The molecule has 0 fully saturated rings. The quantitative estimate of drug-likeness (QED) is 0.563. The fraction of sp³-hybridized carbons (Fsp3) is 0.421. The van der Waals surface area contributed by atoms with Crippen LogP contribution >= 0.6 is 0 Å². The van der Waals surface area contributed by atoms with E-state index in [0.29, 0.717) is 24.6 Å². The van der Waals surface area contributed by atoms with Crippen molar-refractivity contribution in [1.82, 2.24) is 10.6 Å². The van der Waals surface area contributed by atoms with Crippen LogP contribution in [0.1, 0.15) is 28.2 Å². The Morgan fingerprint density at radius 1 is 1.07 bits per heavy atom. The first-order valence-electron chi connectivity index (χ1n) is 8.49. The van der Waals surface area contributed by atoms with E-state index in [1.54, 1.807) is 19.2 Å². The molecule has 1 aromatic carbocycles. The SMILES string of the molecule is CN=C(NCc1ccc(COCC(F)(F)F)cc1)NCc1cc(C)oc1C. The van der Waals surface area contributed by atoms with E-state index in [0.717, 1.165) is 22.6 Å². The van der Waals surface area contributed by atoms with Gasteiger partial charge in [-0.1, -0.05) is 24.3 Å². The van der Waals surface area contributed by atoms with Crippen molar-refractivity contribution in [2.45, 2.75) is 39.7 Å². The zero-order valence-electron chi connectivity index (χ0n) is 15.6. The average Bonchev–Trinajstić information content (AvgIpc) is 2.92. The van der Waals surface area contributed by atoms with E-state index >= 15 is 0 Å². The van der Waals surface area contributed by atoms with Crippen molar-refractivity contribution in [2.75, 3.05) is 13.7 Å². The molecule has 0 saturated carbocycles. The third-order valence-electron chi connectivity index (χ3n) is 3.83. The van der Waals surface area contributed by atoms with Crippen LogP contribution in [0.25, 0.3) is 0 Å². The van der Waals surface area contributed by atoms with Crippen LogP contribution in [-0.2, 0) is 24.4 Å². The molecule has 0 aliphatic heterocycles. The van der Waals surface area contributed by atoms with Crippen LogP contribution in [0, 0.1) is 13.8 Å². The second-order valence-corrected chi connectivity index (χ2v) is 6.14. The van der Waals surface area contributed by atoms with Gasteiger partial charge in [-0.2, -0.15) is 13.2 Å². The zero-order chi connectivity index (χ0) is 19.9. The van der Waals surface area contributed by atoms with Crippen molar-refractivity contribution < 1.29 is 22.3 Å². The molecule has 1 aromatic heterocycles. The van der Waals surface area contributed by atoms with Crippen molar-refractivity contribution in [1.29, 1.82) is 0 Å². The highest BCUT2D eigenvalue weighted by molar-refractivity contribution is 5.79. The van der Waals surface area contributed by atoms with E-state index in [-0.39, 0.29) is 6.61 Å². The molecule has 0 aliphatic carbocycles. The molecule has 0 atom stereocenters. The van der Waals surface area contributed by atoms with Crippen LogP contribution in [0.5, 0.6) is 0 Å². The van der Waals surface area contributed by atoms with Gasteiger partial charge in [-0.05, 0) is 31.0 Å². The van der Waals surface area contributed by atoms with Gasteiger partial charge in [0.25, 0.3) is 0 Å². The molecule has 2 N–H and O–H groups in total. The number of guanidine groups is 1. The maximum atomic E-state index is 12.1. The fourth-order valence-electron chi connectivity index (χ4n) is 2.48. The summed E-state index contributed by atoms with van der Waals surface area (Å²) in [5, 5.41) is 6.41. The molecule has 5 nitrogen and oxygen atoms in total. The standard InChI is InChI=1S/C19H24F3N3O2/c1-13-8-17(14(2)27-13)10-25-18(23-3)24-9-15-4-6-16(7-5-15)11-26-12-19(20,21)22/h4-8H,9-12H2,1-3H3,(H2,23,24,25). The third-order valence-corrected chi connectivity index (χ3v) is 3.83. The van der Waals surface area contributed by atoms with Gasteiger partial charge in [0.2, 0.25) is 0 Å². The predicted molar refractivity (Wildman–Crippen MR) is 97.4 cm³/mol. The summed E-state index contributed by atoms with van der Waals surface area (Å²) >= 11 is 0. The number of alkyl halides is 3. The predicted octanol–water partition coefficient (Wildman–Crippen LogP) is 3.84. The number of halogens is 3. The minimum Gasteiger partial charge on any atom is -0.466 e. The van der Waals surface area contributed by atoms with Gasteiger partial charge in [0, 0.05) is 25.7 Å². The Morgan fingerprint density at radius 3 is 2.26 bits per heavy atom. The highest BCUT2D eigenvalue weighted by Gasteiger charge is 2.27. The highest BCUT2D eigenvalue weighted by atomic mass is 19.4. The molecule has 0 amide bonds. The van der Waals surface area contributed by atoms with E-state index in [1.165, 1.54) is 0 Å². The van der Waals surface area contributed by atoms with E-state index in [1.807, 2.05) is 32.0 Å². The van der Waals surface area contributed by atoms with Crippen molar-refractivity contribution in [3.8, 4) is 0 Å². The summed E-state index contributed by atoms with van der Waals surface area (Å²) in [6.07, 6.45) is -4.31. The van der Waals surface area contributed by atoms with E-state index in [2.05, 4.69) is 20.4 Å². The summed E-state index contributed by atoms with van der Waals surface area (Å²) in [5.41, 5.74) is 2.74. The molecule has 27 heavy (non-hydrogen) atoms. The largest absolute Gasteiger partial charge is 0.466 e. The van der Waals surface area contributed by atoms with Gasteiger partial charge in [0.15, 0.2) is 5.96 Å². The van der Waals surface area contributed by atoms with Gasteiger partial charge in [-0.15, -0.1) is 0 Å². The maximum Gasteiger partial charge on any atom is 0.411 e. The molecule has 0 aliphatic rings. The molecule has 0 saturated heterocycles. The molecule has 0 radical (unpaired) electrons. The molecular weight excluding hydrogens is 359 g/mol. The van der Waals surface area contributed by atoms with Gasteiger partial charge in [-0.3, -0.25) is 4.99 Å². The lowest BCUT2D eigenvalue weighted by molar-refractivity contribution is -0.176. The summed E-state index contributed by atoms with van der Waals surface area (Å²) in [6, 6.07) is 9.17. The van der Waals surface area contributed by atoms with E-state index < -0.39 is 12.8 Å². The molecule has 2 aromatic rings.